The van der Waals surface area contributed by atoms with Crippen molar-refractivity contribution >= 4 is 27.5 Å². The maximum absolute atomic E-state index is 13.1. The lowest BCUT2D eigenvalue weighted by Gasteiger charge is -2.05. The van der Waals surface area contributed by atoms with Crippen LogP contribution in [0.15, 0.2) is 6.20 Å². The van der Waals surface area contributed by atoms with Gasteiger partial charge in [-0.15, -0.1) is 0 Å². The molecule has 0 saturated heterocycles. The van der Waals surface area contributed by atoms with Crippen molar-refractivity contribution in [3.05, 3.63) is 28.3 Å². The zero-order valence-corrected chi connectivity index (χ0v) is 8.54. The van der Waals surface area contributed by atoms with E-state index in [9.17, 15) is 13.2 Å². The van der Waals surface area contributed by atoms with E-state index in [-0.39, 0.29) is 15.9 Å². The first kappa shape index (κ1) is 10.8. The average Bonchev–Trinajstić information content (AvgIpc) is 2.04. The van der Waals surface area contributed by atoms with Gasteiger partial charge in [0.15, 0.2) is 5.82 Å². The summed E-state index contributed by atoms with van der Waals surface area (Å²) in [5.41, 5.74) is -0.856. The molecule has 0 aromatic carbocycles. The Kier molecular flexibility index (Phi) is 3.55. The first-order chi connectivity index (χ1) is 6.07. The van der Waals surface area contributed by atoms with Crippen LogP contribution in [0.25, 0.3) is 0 Å². The third kappa shape index (κ3) is 2.14. The van der Waals surface area contributed by atoms with E-state index in [4.69, 9.17) is 11.6 Å². The first-order valence-corrected chi connectivity index (χ1v) is 4.74. The SMILES string of the molecule is Fc1c(C(F)F)ncc(Cl)c1CBr. The summed E-state index contributed by atoms with van der Waals surface area (Å²) in [7, 11) is 0. The van der Waals surface area contributed by atoms with Gasteiger partial charge in [0.25, 0.3) is 6.43 Å². The number of nitrogens with zero attached hydrogens (tertiary/aromatic N) is 1. The second-order valence-electron chi connectivity index (χ2n) is 2.22. The van der Waals surface area contributed by atoms with Crippen molar-refractivity contribution in [3.8, 4) is 0 Å². The van der Waals surface area contributed by atoms with E-state index in [1.165, 1.54) is 0 Å². The smallest absolute Gasteiger partial charge is 0.251 e. The van der Waals surface area contributed by atoms with Crippen LogP contribution in [0.3, 0.4) is 0 Å². The van der Waals surface area contributed by atoms with Crippen LogP contribution in [0.2, 0.25) is 5.02 Å². The molecule has 1 nitrogen and oxygen atoms in total. The minimum atomic E-state index is -2.92. The maximum Gasteiger partial charge on any atom is 0.283 e. The van der Waals surface area contributed by atoms with Gasteiger partial charge >= 0.3 is 0 Å². The van der Waals surface area contributed by atoms with Gasteiger partial charge in [0.05, 0.1) is 5.02 Å². The zero-order valence-electron chi connectivity index (χ0n) is 6.20. The molecule has 0 unspecified atom stereocenters. The number of alkyl halides is 3. The molecule has 0 spiro atoms. The summed E-state index contributed by atoms with van der Waals surface area (Å²) in [4.78, 5) is 3.21. The number of aromatic nitrogens is 1. The van der Waals surface area contributed by atoms with Crippen molar-refractivity contribution in [1.29, 1.82) is 0 Å². The van der Waals surface area contributed by atoms with E-state index in [1.54, 1.807) is 0 Å². The lowest BCUT2D eigenvalue weighted by atomic mass is 10.2. The fourth-order valence-corrected chi connectivity index (χ4v) is 1.70. The Hall–Kier alpha value is -0.290. The Morgan fingerprint density at radius 3 is 2.62 bits per heavy atom. The molecule has 0 fully saturated rings. The van der Waals surface area contributed by atoms with Crippen LogP contribution in [0.1, 0.15) is 17.7 Å². The van der Waals surface area contributed by atoms with Gasteiger partial charge < -0.3 is 0 Å². The quantitative estimate of drug-likeness (QED) is 0.749. The Morgan fingerprint density at radius 1 is 1.54 bits per heavy atom. The van der Waals surface area contributed by atoms with Crippen molar-refractivity contribution in [2.75, 3.05) is 0 Å². The van der Waals surface area contributed by atoms with Crippen LogP contribution in [0.4, 0.5) is 13.2 Å². The molecule has 0 bridgehead atoms. The Bertz CT molecular complexity index is 319. The van der Waals surface area contributed by atoms with Crippen molar-refractivity contribution < 1.29 is 13.2 Å². The van der Waals surface area contributed by atoms with Crippen LogP contribution >= 0.6 is 27.5 Å². The standard InChI is InChI=1S/C7H4BrClF3N/c8-1-3-4(9)2-13-6(5(3)10)7(11)12/h2,7H,1H2. The monoisotopic (exact) mass is 273 g/mol. The summed E-state index contributed by atoms with van der Waals surface area (Å²) in [5.74, 6) is -1.04. The summed E-state index contributed by atoms with van der Waals surface area (Å²) in [6.07, 6.45) is -1.90. The van der Waals surface area contributed by atoms with Crippen LogP contribution in [-0.4, -0.2) is 4.98 Å². The number of hydrogen-bond acceptors (Lipinski definition) is 1. The third-order valence-electron chi connectivity index (χ3n) is 1.44. The van der Waals surface area contributed by atoms with E-state index in [2.05, 4.69) is 20.9 Å². The van der Waals surface area contributed by atoms with Crippen LogP contribution < -0.4 is 0 Å². The Morgan fingerprint density at radius 2 is 2.15 bits per heavy atom. The number of pyridine rings is 1. The van der Waals surface area contributed by atoms with E-state index in [0.717, 1.165) is 6.20 Å². The number of rotatable bonds is 2. The highest BCUT2D eigenvalue weighted by Gasteiger charge is 2.19. The second kappa shape index (κ2) is 4.28. The van der Waals surface area contributed by atoms with Gasteiger partial charge in [0.1, 0.15) is 5.69 Å². The average molecular weight is 274 g/mol. The molecule has 0 aliphatic heterocycles. The highest BCUT2D eigenvalue weighted by atomic mass is 79.9. The summed E-state index contributed by atoms with van der Waals surface area (Å²) in [6.45, 7) is 0. The lowest BCUT2D eigenvalue weighted by Crippen LogP contribution is -2.00. The molecule has 6 heteroatoms. The molecule has 0 atom stereocenters. The van der Waals surface area contributed by atoms with Gasteiger partial charge in [-0.05, 0) is 0 Å². The molecular weight excluding hydrogens is 270 g/mol. The van der Waals surface area contributed by atoms with Gasteiger partial charge in [0, 0.05) is 17.1 Å². The van der Waals surface area contributed by atoms with Gasteiger partial charge in [-0.1, -0.05) is 27.5 Å². The van der Waals surface area contributed by atoms with Crippen LogP contribution in [0, 0.1) is 5.82 Å². The lowest BCUT2D eigenvalue weighted by molar-refractivity contribution is 0.140. The van der Waals surface area contributed by atoms with Crippen molar-refractivity contribution in [3.63, 3.8) is 0 Å². The van der Waals surface area contributed by atoms with Crippen LogP contribution in [-0.2, 0) is 5.33 Å². The number of halogens is 5. The largest absolute Gasteiger partial charge is 0.283 e. The molecule has 0 radical (unpaired) electrons. The van der Waals surface area contributed by atoms with E-state index < -0.39 is 17.9 Å². The minimum absolute atomic E-state index is 0.00645. The van der Waals surface area contributed by atoms with Gasteiger partial charge in [-0.25, -0.2) is 13.2 Å². The molecule has 0 aliphatic rings. The highest BCUT2D eigenvalue weighted by Crippen LogP contribution is 2.27. The highest BCUT2D eigenvalue weighted by molar-refractivity contribution is 9.08. The molecule has 13 heavy (non-hydrogen) atoms. The molecule has 1 aromatic rings. The molecule has 1 rings (SSSR count). The van der Waals surface area contributed by atoms with Gasteiger partial charge in [-0.2, -0.15) is 0 Å². The molecule has 0 N–H and O–H groups in total. The topological polar surface area (TPSA) is 12.9 Å². The number of hydrogen-bond donors (Lipinski definition) is 0. The molecule has 72 valence electrons. The van der Waals surface area contributed by atoms with Crippen molar-refractivity contribution in [1.82, 2.24) is 4.98 Å². The summed E-state index contributed by atoms with van der Waals surface area (Å²) in [5, 5.41) is 0.124. The van der Waals surface area contributed by atoms with E-state index in [0.29, 0.717) is 0 Å². The Labute approximate surface area is 86.0 Å². The maximum atomic E-state index is 13.1. The van der Waals surface area contributed by atoms with Crippen molar-refractivity contribution in [2.24, 2.45) is 0 Å². The van der Waals surface area contributed by atoms with Gasteiger partial charge in [-0.3, -0.25) is 4.98 Å². The molecule has 1 heterocycles. The molecule has 0 saturated carbocycles. The van der Waals surface area contributed by atoms with E-state index >= 15 is 0 Å². The molecule has 0 aliphatic carbocycles. The normalized spacial score (nSPS) is 10.9. The molecule has 1 aromatic heterocycles. The zero-order chi connectivity index (χ0) is 10.0. The minimum Gasteiger partial charge on any atom is -0.251 e. The molecule has 0 amide bonds. The summed E-state index contributed by atoms with van der Waals surface area (Å²) in [6, 6.07) is 0. The summed E-state index contributed by atoms with van der Waals surface area (Å²) < 4.78 is 37.4. The first-order valence-electron chi connectivity index (χ1n) is 3.24. The molecular formula is C7H4BrClF3N. The predicted octanol–water partition coefficient (Wildman–Crippen LogP) is 3.71. The fraction of sp³-hybridized carbons (Fsp3) is 0.286. The summed E-state index contributed by atoms with van der Waals surface area (Å²) >= 11 is 8.47. The fourth-order valence-electron chi connectivity index (χ4n) is 0.795. The van der Waals surface area contributed by atoms with Crippen LogP contribution in [0.5, 0.6) is 0 Å². The Balaban J connectivity index is 3.27. The second-order valence-corrected chi connectivity index (χ2v) is 3.19. The van der Waals surface area contributed by atoms with E-state index in [1.807, 2.05) is 0 Å². The van der Waals surface area contributed by atoms with Crippen molar-refractivity contribution in [2.45, 2.75) is 11.8 Å². The van der Waals surface area contributed by atoms with Gasteiger partial charge in [0.2, 0.25) is 0 Å². The third-order valence-corrected chi connectivity index (χ3v) is 2.32. The predicted molar refractivity (Wildman–Crippen MR) is 46.8 cm³/mol.